The molecule has 0 heterocycles. The average Bonchev–Trinajstić information content (AvgIpc) is 2.14. The third-order valence-corrected chi connectivity index (χ3v) is 2.75. The van der Waals surface area contributed by atoms with Crippen LogP contribution in [0.15, 0.2) is 18.2 Å². The van der Waals surface area contributed by atoms with Crippen molar-refractivity contribution in [3.05, 3.63) is 34.9 Å². The average molecular weight is 234 g/mol. The first-order valence-corrected chi connectivity index (χ1v) is 5.50. The maximum Gasteiger partial charge on any atom is 0.147 e. The molecular formula is C15H22O2. The first-order valence-electron chi connectivity index (χ1n) is 5.50. The molecular weight excluding hydrogens is 212 g/mol. The van der Waals surface area contributed by atoms with Crippen molar-refractivity contribution in [2.75, 3.05) is 0 Å². The summed E-state index contributed by atoms with van der Waals surface area (Å²) in [6.07, 6.45) is 0.350. The van der Waals surface area contributed by atoms with Crippen LogP contribution in [0.25, 0.3) is 0 Å². The lowest BCUT2D eigenvalue weighted by molar-refractivity contribution is -0.130. The molecule has 0 bridgehead atoms. The van der Waals surface area contributed by atoms with Crippen molar-refractivity contribution in [2.45, 2.75) is 41.5 Å². The van der Waals surface area contributed by atoms with Gasteiger partial charge in [0.05, 0.1) is 5.92 Å². The number of hydrogen-bond acceptors (Lipinski definition) is 2. The Morgan fingerprint density at radius 1 is 1.12 bits per heavy atom. The number of aryl methyl sites for hydroxylation is 2. The van der Waals surface area contributed by atoms with Gasteiger partial charge in [-0.3, -0.25) is 9.59 Å². The van der Waals surface area contributed by atoms with Gasteiger partial charge in [-0.15, -0.1) is 0 Å². The Morgan fingerprint density at radius 3 is 2.00 bits per heavy atom. The van der Waals surface area contributed by atoms with Crippen molar-refractivity contribution < 1.29 is 9.59 Å². The minimum Gasteiger partial charge on any atom is -0.299 e. The zero-order valence-electron chi connectivity index (χ0n) is 10.3. The van der Waals surface area contributed by atoms with Gasteiger partial charge in [0, 0.05) is 6.42 Å². The van der Waals surface area contributed by atoms with E-state index in [2.05, 4.69) is 6.07 Å². The van der Waals surface area contributed by atoms with Crippen molar-refractivity contribution in [3.8, 4) is 0 Å². The number of rotatable bonds is 4. The topological polar surface area (TPSA) is 34.1 Å². The van der Waals surface area contributed by atoms with Crippen molar-refractivity contribution in [2.24, 2.45) is 5.92 Å². The number of hydrogen-bond donors (Lipinski definition) is 0. The van der Waals surface area contributed by atoms with E-state index in [0.717, 1.165) is 16.7 Å². The summed E-state index contributed by atoms with van der Waals surface area (Å²) in [5, 5.41) is 0. The molecule has 0 N–H and O–H groups in total. The minimum atomic E-state index is -0.485. The third kappa shape index (κ3) is 4.51. The van der Waals surface area contributed by atoms with Crippen molar-refractivity contribution >= 4 is 11.6 Å². The Labute approximate surface area is 104 Å². The van der Waals surface area contributed by atoms with Crippen LogP contribution in [0.2, 0.25) is 0 Å². The van der Waals surface area contributed by atoms with E-state index in [-0.39, 0.29) is 19.0 Å². The maximum absolute atomic E-state index is 11.8. The molecule has 1 aromatic carbocycles. The second-order valence-electron chi connectivity index (χ2n) is 4.47. The molecule has 17 heavy (non-hydrogen) atoms. The molecule has 2 nitrogen and oxygen atoms in total. The van der Waals surface area contributed by atoms with E-state index in [0.29, 0.717) is 6.42 Å². The molecule has 0 amide bonds. The van der Waals surface area contributed by atoms with Gasteiger partial charge in [-0.25, -0.2) is 0 Å². The highest BCUT2D eigenvalue weighted by atomic mass is 16.1. The maximum atomic E-state index is 11.8. The molecule has 0 radical (unpaired) electrons. The van der Waals surface area contributed by atoms with Gasteiger partial charge in [0.1, 0.15) is 11.6 Å². The fourth-order valence-electron chi connectivity index (χ4n) is 1.75. The first kappa shape index (κ1) is 15.6. The summed E-state index contributed by atoms with van der Waals surface area (Å²) in [7, 11) is 0. The van der Waals surface area contributed by atoms with E-state index in [1.165, 1.54) is 6.92 Å². The number of benzene rings is 1. The normalized spacial score (nSPS) is 11.5. The standard InChI is InChI=1S/C14H18O2.CH4/c1-9-5-10(2)7-13(6-9)8-14(16)11(3)12(4)15;/h5-7,11H,8H2,1-4H3;1H4. The fourth-order valence-corrected chi connectivity index (χ4v) is 1.75. The summed E-state index contributed by atoms with van der Waals surface area (Å²) in [5.41, 5.74) is 3.30. The molecule has 0 aromatic heterocycles. The largest absolute Gasteiger partial charge is 0.299 e. The van der Waals surface area contributed by atoms with Gasteiger partial charge in [-0.05, 0) is 33.3 Å². The lowest BCUT2D eigenvalue weighted by atomic mass is 9.95. The molecule has 0 spiro atoms. The number of carbonyl (C=O) groups is 2. The van der Waals surface area contributed by atoms with Crippen LogP contribution in [0.5, 0.6) is 0 Å². The van der Waals surface area contributed by atoms with Crippen LogP contribution in [0, 0.1) is 19.8 Å². The Balaban J connectivity index is 0.00000256. The van der Waals surface area contributed by atoms with Crippen LogP contribution in [0.4, 0.5) is 0 Å². The van der Waals surface area contributed by atoms with E-state index in [1.54, 1.807) is 6.92 Å². The Morgan fingerprint density at radius 2 is 1.59 bits per heavy atom. The quantitative estimate of drug-likeness (QED) is 0.749. The summed E-state index contributed by atoms with van der Waals surface area (Å²) in [6, 6.07) is 6.07. The molecule has 1 atom stereocenters. The van der Waals surface area contributed by atoms with Gasteiger partial charge in [0.15, 0.2) is 0 Å². The smallest absolute Gasteiger partial charge is 0.147 e. The van der Waals surface area contributed by atoms with Crippen molar-refractivity contribution in [1.82, 2.24) is 0 Å². The Kier molecular flexibility index (Phi) is 5.80. The molecule has 0 aliphatic rings. The van der Waals surface area contributed by atoms with E-state index >= 15 is 0 Å². The van der Waals surface area contributed by atoms with Gasteiger partial charge >= 0.3 is 0 Å². The molecule has 94 valence electrons. The zero-order chi connectivity index (χ0) is 12.3. The second kappa shape index (κ2) is 6.33. The lowest BCUT2D eigenvalue weighted by Gasteiger charge is -2.08. The van der Waals surface area contributed by atoms with Gasteiger partial charge in [0.2, 0.25) is 0 Å². The van der Waals surface area contributed by atoms with Gasteiger partial charge in [-0.2, -0.15) is 0 Å². The Bertz CT molecular complexity index is 399. The minimum absolute atomic E-state index is 0. The summed E-state index contributed by atoms with van der Waals surface area (Å²) < 4.78 is 0. The SMILES string of the molecule is C.CC(=O)C(C)C(=O)Cc1cc(C)cc(C)c1. The zero-order valence-corrected chi connectivity index (χ0v) is 10.3. The third-order valence-electron chi connectivity index (χ3n) is 2.75. The van der Waals surface area contributed by atoms with Gasteiger partial charge < -0.3 is 0 Å². The molecule has 0 aliphatic carbocycles. The van der Waals surface area contributed by atoms with Crippen LogP contribution < -0.4 is 0 Å². The highest BCUT2D eigenvalue weighted by Gasteiger charge is 2.17. The molecule has 2 heteroatoms. The molecule has 0 saturated heterocycles. The van der Waals surface area contributed by atoms with Gasteiger partial charge in [0.25, 0.3) is 0 Å². The number of carbonyl (C=O) groups excluding carboxylic acids is 2. The van der Waals surface area contributed by atoms with E-state index < -0.39 is 5.92 Å². The molecule has 0 saturated carbocycles. The van der Waals surface area contributed by atoms with Crippen LogP contribution in [0.1, 0.15) is 38.0 Å². The molecule has 0 fully saturated rings. The van der Waals surface area contributed by atoms with Crippen LogP contribution in [-0.2, 0) is 16.0 Å². The Hall–Kier alpha value is -1.44. The summed E-state index contributed by atoms with van der Waals surface area (Å²) in [4.78, 5) is 22.8. The second-order valence-corrected chi connectivity index (χ2v) is 4.47. The number of Topliss-reactive ketones (excluding diaryl/α,β-unsaturated/α-hetero) is 2. The van der Waals surface area contributed by atoms with Crippen molar-refractivity contribution in [3.63, 3.8) is 0 Å². The summed E-state index contributed by atoms with van der Waals surface area (Å²) in [6.45, 7) is 7.15. The molecule has 1 aromatic rings. The lowest BCUT2D eigenvalue weighted by Crippen LogP contribution is -2.20. The monoisotopic (exact) mass is 234 g/mol. The molecule has 1 unspecified atom stereocenters. The van der Waals surface area contributed by atoms with Gasteiger partial charge in [-0.1, -0.05) is 36.8 Å². The molecule has 0 aliphatic heterocycles. The van der Waals surface area contributed by atoms with E-state index in [1.807, 2.05) is 26.0 Å². The van der Waals surface area contributed by atoms with Crippen LogP contribution >= 0.6 is 0 Å². The fraction of sp³-hybridized carbons (Fsp3) is 0.467. The van der Waals surface area contributed by atoms with Crippen molar-refractivity contribution in [1.29, 1.82) is 0 Å². The van der Waals surface area contributed by atoms with Crippen LogP contribution in [-0.4, -0.2) is 11.6 Å². The molecule has 1 rings (SSSR count). The predicted molar refractivity (Wildman–Crippen MR) is 71.2 cm³/mol. The predicted octanol–water partition coefficient (Wildman–Crippen LogP) is 3.28. The van der Waals surface area contributed by atoms with E-state index in [4.69, 9.17) is 0 Å². The highest BCUT2D eigenvalue weighted by molar-refractivity contribution is 6.01. The van der Waals surface area contributed by atoms with Crippen LogP contribution in [0.3, 0.4) is 0 Å². The first-order chi connectivity index (χ1) is 7.40. The summed E-state index contributed by atoms with van der Waals surface area (Å²) in [5.74, 6) is -0.548. The summed E-state index contributed by atoms with van der Waals surface area (Å²) >= 11 is 0. The number of ketones is 2. The highest BCUT2D eigenvalue weighted by Crippen LogP contribution is 2.12. The van der Waals surface area contributed by atoms with E-state index in [9.17, 15) is 9.59 Å².